The van der Waals surface area contributed by atoms with E-state index in [4.69, 9.17) is 4.74 Å². The summed E-state index contributed by atoms with van der Waals surface area (Å²) in [6.07, 6.45) is 24.7. The Morgan fingerprint density at radius 2 is 1.16 bits per heavy atom. The second-order valence-corrected chi connectivity index (χ2v) is 11.0. The summed E-state index contributed by atoms with van der Waals surface area (Å²) in [7, 11) is 0.113. The molecule has 3 heteroatoms. The lowest BCUT2D eigenvalue weighted by molar-refractivity contribution is 0.0522. The van der Waals surface area contributed by atoms with Gasteiger partial charge in [-0.25, -0.2) is 4.79 Å². The number of carbonyl (C=O) groups excluding carboxylic acids is 1. The Kier molecular flexibility index (Phi) is 17.8. The Balaban J connectivity index is 1.98. The lowest BCUT2D eigenvalue weighted by Gasteiger charge is -2.08. The second kappa shape index (κ2) is 19.7. The molecule has 0 saturated heterocycles. The molecule has 0 aliphatic rings. The molecule has 0 N–H and O–H groups in total. The smallest absolute Gasteiger partial charge is 0.343 e. The van der Waals surface area contributed by atoms with Crippen molar-refractivity contribution in [3.63, 3.8) is 0 Å². The van der Waals surface area contributed by atoms with Crippen LogP contribution >= 0.6 is 0 Å². The maximum Gasteiger partial charge on any atom is 0.343 e. The van der Waals surface area contributed by atoms with E-state index in [1.807, 2.05) is 25.1 Å². The minimum Gasteiger partial charge on any atom is -0.462 e. The van der Waals surface area contributed by atoms with Gasteiger partial charge in [0.1, 0.15) is 17.6 Å². The van der Waals surface area contributed by atoms with Crippen molar-refractivity contribution in [1.82, 2.24) is 0 Å². The first kappa shape index (κ1) is 28.1. The highest BCUT2D eigenvalue weighted by Gasteiger charge is 2.23. The molecule has 178 valence electrons. The van der Waals surface area contributed by atoms with Crippen LogP contribution in [-0.4, -0.2) is 24.6 Å². The number of ether oxygens (including phenoxy) is 1. The van der Waals surface area contributed by atoms with Crippen LogP contribution < -0.4 is 0 Å². The van der Waals surface area contributed by atoms with E-state index in [1.165, 1.54) is 113 Å². The number of benzene rings is 1. The Morgan fingerprint density at radius 1 is 0.710 bits per heavy atom. The van der Waals surface area contributed by atoms with Gasteiger partial charge in [-0.1, -0.05) is 109 Å². The van der Waals surface area contributed by atoms with Crippen LogP contribution in [0, 0.1) is 0 Å². The Bertz CT molecular complexity index is 558. The lowest BCUT2D eigenvalue weighted by atomic mass is 10.0. The molecule has 1 aromatic carbocycles. The normalized spacial score (nSPS) is 12.1. The maximum atomic E-state index is 12.2. The molecule has 0 bridgehead atoms. The number of hydrogen-bond acceptors (Lipinski definition) is 2. The van der Waals surface area contributed by atoms with Crippen molar-refractivity contribution in [2.24, 2.45) is 0 Å². The SMILES string of the molecule is CCCCCCCCCCCCCCCCCC[S+](C)c1ccccc1C(=O)OCC. The Labute approximate surface area is 196 Å². The summed E-state index contributed by atoms with van der Waals surface area (Å²) in [6, 6.07) is 7.98. The first-order valence-corrected chi connectivity index (χ1v) is 14.9. The topological polar surface area (TPSA) is 26.3 Å². The summed E-state index contributed by atoms with van der Waals surface area (Å²) in [4.78, 5) is 13.3. The van der Waals surface area contributed by atoms with Gasteiger partial charge < -0.3 is 4.74 Å². The van der Waals surface area contributed by atoms with E-state index in [2.05, 4.69) is 19.2 Å². The summed E-state index contributed by atoms with van der Waals surface area (Å²) in [5.41, 5.74) is 0.756. The molecule has 0 aliphatic heterocycles. The predicted octanol–water partition coefficient (Wildman–Crippen LogP) is 8.73. The molecular formula is C28H49O2S+. The highest BCUT2D eigenvalue weighted by atomic mass is 32.2. The minimum absolute atomic E-state index is 0.113. The van der Waals surface area contributed by atoms with Crippen LogP contribution in [0.1, 0.15) is 127 Å². The van der Waals surface area contributed by atoms with E-state index in [-0.39, 0.29) is 16.9 Å². The van der Waals surface area contributed by atoms with Crippen LogP contribution in [0.4, 0.5) is 0 Å². The third kappa shape index (κ3) is 13.9. The van der Waals surface area contributed by atoms with Crippen LogP contribution in [0.25, 0.3) is 0 Å². The standard InChI is InChI=1S/C28H49O2S/c1-4-6-7-8-9-10-11-12-13-14-15-16-17-18-19-22-25-31(3)27-24-21-20-23-26(27)28(29)30-5-2/h20-21,23-24H,4-19,22,25H2,1-3H3/q+1. The fourth-order valence-electron chi connectivity index (χ4n) is 4.12. The molecule has 0 spiro atoms. The molecule has 0 radical (unpaired) electrons. The Hall–Kier alpha value is -0.960. The van der Waals surface area contributed by atoms with Gasteiger partial charge in [-0.15, -0.1) is 0 Å². The number of carbonyl (C=O) groups is 1. The van der Waals surface area contributed by atoms with Gasteiger partial charge in [0, 0.05) is 10.9 Å². The van der Waals surface area contributed by atoms with Crippen molar-refractivity contribution in [1.29, 1.82) is 0 Å². The van der Waals surface area contributed by atoms with Crippen LogP contribution in [0.3, 0.4) is 0 Å². The van der Waals surface area contributed by atoms with Gasteiger partial charge >= 0.3 is 5.97 Å². The average Bonchev–Trinajstić information content (AvgIpc) is 2.78. The van der Waals surface area contributed by atoms with Gasteiger partial charge in [0.2, 0.25) is 0 Å². The quantitative estimate of drug-likeness (QED) is 0.113. The predicted molar refractivity (Wildman–Crippen MR) is 138 cm³/mol. The van der Waals surface area contributed by atoms with E-state index in [0.717, 1.165) is 5.56 Å². The van der Waals surface area contributed by atoms with Gasteiger partial charge in [-0.3, -0.25) is 0 Å². The molecule has 2 nitrogen and oxygen atoms in total. The molecule has 0 fully saturated rings. The van der Waals surface area contributed by atoms with Crippen molar-refractivity contribution in [2.45, 2.75) is 121 Å². The van der Waals surface area contributed by atoms with Crippen LogP contribution in [0.15, 0.2) is 29.2 Å². The second-order valence-electron chi connectivity index (χ2n) is 8.86. The molecule has 0 saturated carbocycles. The number of esters is 1. The summed E-state index contributed by atoms with van der Waals surface area (Å²) in [5.74, 6) is 0.999. The molecule has 0 aromatic heterocycles. The van der Waals surface area contributed by atoms with E-state index in [0.29, 0.717) is 6.61 Å². The molecular weight excluding hydrogens is 400 g/mol. The number of rotatable bonds is 20. The van der Waals surface area contributed by atoms with Gasteiger partial charge in [-0.2, -0.15) is 0 Å². The van der Waals surface area contributed by atoms with Gasteiger partial charge in [-0.05, 0) is 31.9 Å². The molecule has 1 unspecified atom stereocenters. The summed E-state index contributed by atoms with van der Waals surface area (Å²) >= 11 is 0. The van der Waals surface area contributed by atoms with Crippen molar-refractivity contribution >= 4 is 16.9 Å². The molecule has 1 rings (SSSR count). The average molecular weight is 450 g/mol. The number of unbranched alkanes of at least 4 members (excludes halogenated alkanes) is 15. The maximum absolute atomic E-state index is 12.2. The minimum atomic E-state index is -0.176. The molecule has 31 heavy (non-hydrogen) atoms. The first-order chi connectivity index (χ1) is 15.2. The highest BCUT2D eigenvalue weighted by Crippen LogP contribution is 2.20. The third-order valence-electron chi connectivity index (χ3n) is 6.06. The highest BCUT2D eigenvalue weighted by molar-refractivity contribution is 7.96. The van der Waals surface area contributed by atoms with E-state index in [1.54, 1.807) is 0 Å². The summed E-state index contributed by atoms with van der Waals surface area (Å²) < 4.78 is 5.22. The van der Waals surface area contributed by atoms with Crippen molar-refractivity contribution in [3.05, 3.63) is 29.8 Å². The van der Waals surface area contributed by atoms with E-state index >= 15 is 0 Å². The summed E-state index contributed by atoms with van der Waals surface area (Å²) in [6.45, 7) is 4.59. The third-order valence-corrected chi connectivity index (χ3v) is 8.07. The van der Waals surface area contributed by atoms with Crippen LogP contribution in [0.2, 0.25) is 0 Å². The van der Waals surface area contributed by atoms with Crippen molar-refractivity contribution < 1.29 is 9.53 Å². The zero-order chi connectivity index (χ0) is 22.6. The van der Waals surface area contributed by atoms with E-state index < -0.39 is 0 Å². The van der Waals surface area contributed by atoms with Gasteiger partial charge in [0.25, 0.3) is 0 Å². The molecule has 1 aromatic rings. The largest absolute Gasteiger partial charge is 0.462 e. The fourth-order valence-corrected chi connectivity index (χ4v) is 5.82. The monoisotopic (exact) mass is 449 g/mol. The molecule has 0 aliphatic carbocycles. The van der Waals surface area contributed by atoms with Gasteiger partial charge in [0.15, 0.2) is 4.90 Å². The zero-order valence-corrected chi connectivity index (χ0v) is 21.6. The van der Waals surface area contributed by atoms with Crippen molar-refractivity contribution in [3.8, 4) is 0 Å². The van der Waals surface area contributed by atoms with Crippen molar-refractivity contribution in [2.75, 3.05) is 18.6 Å². The molecule has 0 heterocycles. The Morgan fingerprint density at radius 3 is 1.65 bits per heavy atom. The first-order valence-electron chi connectivity index (χ1n) is 13.1. The molecule has 1 atom stereocenters. The van der Waals surface area contributed by atoms with Crippen LogP contribution in [-0.2, 0) is 15.6 Å². The fraction of sp³-hybridized carbons (Fsp3) is 0.750. The molecule has 0 amide bonds. The zero-order valence-electron chi connectivity index (χ0n) is 20.8. The lowest BCUT2D eigenvalue weighted by Crippen LogP contribution is -2.13. The summed E-state index contributed by atoms with van der Waals surface area (Å²) in [5, 5.41) is 0. The van der Waals surface area contributed by atoms with Crippen LogP contribution in [0.5, 0.6) is 0 Å². The van der Waals surface area contributed by atoms with E-state index in [9.17, 15) is 4.79 Å². The number of hydrogen-bond donors (Lipinski definition) is 0. The van der Waals surface area contributed by atoms with Gasteiger partial charge in [0.05, 0.1) is 6.61 Å².